The molecule has 0 spiro atoms. The first kappa shape index (κ1) is 25.2. The standard InChI is InChI=1S/C25H32N6O3S/c1-14(23(34)31(4)11-5-8-26)16-6-7-25(3)12-18-20(15(2)19(25)21(16)32)29-24(35-18)30-22(33)17-13-27-9-10-28-17/h9-10,13-16,19,21,32H,5-7,11-12H2,1-4H3,(H,29,30,33)/t14-,15+,16-,19+,21-,25+/m0/s1. The second-order valence-electron chi connectivity index (χ2n) is 10.2. The summed E-state index contributed by atoms with van der Waals surface area (Å²) in [4.78, 5) is 41.0. The van der Waals surface area contributed by atoms with E-state index in [0.29, 0.717) is 18.1 Å². The van der Waals surface area contributed by atoms with Crippen LogP contribution in [-0.2, 0) is 11.2 Å². The highest BCUT2D eigenvalue weighted by Crippen LogP contribution is 2.57. The Bertz CT molecular complexity index is 1130. The Labute approximate surface area is 209 Å². The molecule has 0 bridgehead atoms. The molecule has 0 aromatic carbocycles. The van der Waals surface area contributed by atoms with Gasteiger partial charge in [0, 0.05) is 42.7 Å². The van der Waals surface area contributed by atoms with Gasteiger partial charge in [-0.25, -0.2) is 9.97 Å². The molecule has 2 N–H and O–H groups in total. The molecule has 35 heavy (non-hydrogen) atoms. The number of aromatic nitrogens is 3. The van der Waals surface area contributed by atoms with Crippen molar-refractivity contribution in [2.75, 3.05) is 18.9 Å². The lowest BCUT2D eigenvalue weighted by Gasteiger charge is -2.53. The zero-order valence-corrected chi connectivity index (χ0v) is 21.4. The van der Waals surface area contributed by atoms with Crippen molar-refractivity contribution in [2.45, 2.75) is 58.5 Å². The zero-order chi connectivity index (χ0) is 25.3. The third-order valence-electron chi connectivity index (χ3n) is 7.91. The number of hydrogen-bond acceptors (Lipinski definition) is 8. The molecule has 0 aliphatic heterocycles. The number of aliphatic hydroxyl groups is 1. The Morgan fingerprint density at radius 1 is 1.43 bits per heavy atom. The van der Waals surface area contributed by atoms with Crippen LogP contribution in [0.4, 0.5) is 5.13 Å². The summed E-state index contributed by atoms with van der Waals surface area (Å²) in [6.45, 7) is 6.60. The van der Waals surface area contributed by atoms with Gasteiger partial charge in [0.1, 0.15) is 5.69 Å². The lowest BCUT2D eigenvalue weighted by atomic mass is 9.53. The van der Waals surface area contributed by atoms with Crippen molar-refractivity contribution in [1.82, 2.24) is 19.9 Å². The van der Waals surface area contributed by atoms with E-state index >= 15 is 0 Å². The van der Waals surface area contributed by atoms with E-state index in [4.69, 9.17) is 10.2 Å². The Balaban J connectivity index is 1.52. The van der Waals surface area contributed by atoms with Crippen LogP contribution in [0.3, 0.4) is 0 Å². The van der Waals surface area contributed by atoms with E-state index in [-0.39, 0.29) is 46.6 Å². The fraction of sp³-hybridized carbons (Fsp3) is 0.600. The molecular weight excluding hydrogens is 464 g/mol. The second kappa shape index (κ2) is 9.99. The van der Waals surface area contributed by atoms with Crippen molar-refractivity contribution in [3.63, 3.8) is 0 Å². The van der Waals surface area contributed by atoms with Gasteiger partial charge in [0.05, 0.1) is 30.5 Å². The number of aliphatic hydroxyl groups excluding tert-OH is 1. The van der Waals surface area contributed by atoms with E-state index in [1.807, 2.05) is 6.92 Å². The number of amides is 2. The normalized spacial score (nSPS) is 28.2. The quantitative estimate of drug-likeness (QED) is 0.627. The molecule has 2 aliphatic rings. The maximum atomic E-state index is 13.0. The van der Waals surface area contributed by atoms with Crippen molar-refractivity contribution in [1.29, 1.82) is 5.26 Å². The van der Waals surface area contributed by atoms with Gasteiger partial charge in [-0.15, -0.1) is 11.3 Å². The van der Waals surface area contributed by atoms with Crippen LogP contribution in [0.15, 0.2) is 18.6 Å². The Hall–Kier alpha value is -2.90. The minimum atomic E-state index is -0.639. The molecular formula is C25H32N6O3S. The smallest absolute Gasteiger partial charge is 0.277 e. The fourth-order valence-corrected chi connectivity index (χ4v) is 7.30. The number of carbonyl (C=O) groups excluding carboxylic acids is 2. The van der Waals surface area contributed by atoms with Crippen molar-refractivity contribution < 1.29 is 14.7 Å². The monoisotopic (exact) mass is 496 g/mol. The maximum Gasteiger partial charge on any atom is 0.277 e. The van der Waals surface area contributed by atoms with E-state index in [1.165, 1.54) is 29.9 Å². The van der Waals surface area contributed by atoms with Gasteiger partial charge in [0.2, 0.25) is 5.91 Å². The van der Waals surface area contributed by atoms with Crippen LogP contribution >= 0.6 is 11.3 Å². The molecule has 0 radical (unpaired) electrons. The average Bonchev–Trinajstić information content (AvgIpc) is 3.24. The van der Waals surface area contributed by atoms with Gasteiger partial charge in [-0.1, -0.05) is 20.8 Å². The summed E-state index contributed by atoms with van der Waals surface area (Å²) in [5.41, 5.74) is 1.03. The van der Waals surface area contributed by atoms with Crippen LogP contribution in [-0.4, -0.2) is 56.5 Å². The first-order chi connectivity index (χ1) is 16.7. The third-order valence-corrected chi connectivity index (χ3v) is 8.89. The molecule has 4 rings (SSSR count). The van der Waals surface area contributed by atoms with Gasteiger partial charge in [-0.2, -0.15) is 5.26 Å². The van der Waals surface area contributed by atoms with E-state index in [0.717, 1.165) is 29.8 Å². The number of hydrogen-bond donors (Lipinski definition) is 2. The minimum Gasteiger partial charge on any atom is -0.392 e. The SMILES string of the molecule is C[C@H](C(=O)N(C)CCC#N)[C@@H]1CC[C@]2(C)Cc3sc(NC(=O)c4cnccn4)nc3[C@H](C)[C@@H]2[C@H]1O. The number of fused-ring (bicyclic) bond motifs is 2. The Morgan fingerprint density at radius 3 is 2.89 bits per heavy atom. The highest BCUT2D eigenvalue weighted by atomic mass is 32.1. The molecule has 1 fully saturated rings. The number of rotatable bonds is 6. The Kier molecular flexibility index (Phi) is 7.20. The van der Waals surface area contributed by atoms with Gasteiger partial charge in [0.25, 0.3) is 5.91 Å². The topological polar surface area (TPSA) is 132 Å². The number of carbonyl (C=O) groups is 2. The highest BCUT2D eigenvalue weighted by Gasteiger charge is 2.54. The predicted octanol–water partition coefficient (Wildman–Crippen LogP) is 3.25. The van der Waals surface area contributed by atoms with Crippen molar-refractivity contribution >= 4 is 28.3 Å². The largest absolute Gasteiger partial charge is 0.392 e. The van der Waals surface area contributed by atoms with Crippen LogP contribution in [0.25, 0.3) is 0 Å². The fourth-order valence-electron chi connectivity index (χ4n) is 6.04. The second-order valence-corrected chi connectivity index (χ2v) is 11.3. The average molecular weight is 497 g/mol. The summed E-state index contributed by atoms with van der Waals surface area (Å²) in [5, 5.41) is 23.8. The summed E-state index contributed by atoms with van der Waals surface area (Å²) in [6, 6.07) is 2.08. The van der Waals surface area contributed by atoms with E-state index < -0.39 is 6.10 Å². The van der Waals surface area contributed by atoms with Gasteiger partial charge >= 0.3 is 0 Å². The number of nitriles is 1. The summed E-state index contributed by atoms with van der Waals surface area (Å²) in [5.74, 6) is -0.918. The third kappa shape index (κ3) is 4.80. The molecule has 2 aromatic heterocycles. The van der Waals surface area contributed by atoms with Crippen molar-refractivity contribution in [2.24, 2.45) is 23.2 Å². The lowest BCUT2D eigenvalue weighted by Crippen LogP contribution is -2.53. The van der Waals surface area contributed by atoms with Crippen LogP contribution in [0, 0.1) is 34.5 Å². The molecule has 2 heterocycles. The van der Waals surface area contributed by atoms with E-state index in [2.05, 4.69) is 35.2 Å². The molecule has 6 atom stereocenters. The molecule has 0 unspecified atom stereocenters. The number of anilines is 1. The van der Waals surface area contributed by atoms with Gasteiger partial charge in [0.15, 0.2) is 5.13 Å². The Morgan fingerprint density at radius 2 is 2.20 bits per heavy atom. The van der Waals surface area contributed by atoms with Crippen LogP contribution in [0.2, 0.25) is 0 Å². The van der Waals surface area contributed by atoms with E-state index in [1.54, 1.807) is 11.9 Å². The first-order valence-corrected chi connectivity index (χ1v) is 12.8. The molecule has 2 amide bonds. The molecule has 9 nitrogen and oxygen atoms in total. The molecule has 2 aromatic rings. The number of nitrogens with zero attached hydrogens (tertiary/aromatic N) is 5. The van der Waals surface area contributed by atoms with E-state index in [9.17, 15) is 14.7 Å². The van der Waals surface area contributed by atoms with Gasteiger partial charge in [-0.3, -0.25) is 19.9 Å². The van der Waals surface area contributed by atoms with Gasteiger partial charge in [-0.05, 0) is 36.5 Å². The number of thiazole rings is 1. The van der Waals surface area contributed by atoms with Crippen LogP contribution in [0.1, 0.15) is 67.0 Å². The molecule has 2 aliphatic carbocycles. The highest BCUT2D eigenvalue weighted by molar-refractivity contribution is 7.15. The maximum absolute atomic E-state index is 13.0. The molecule has 1 saturated carbocycles. The molecule has 10 heteroatoms. The van der Waals surface area contributed by atoms with Gasteiger partial charge < -0.3 is 10.0 Å². The summed E-state index contributed by atoms with van der Waals surface area (Å²) >= 11 is 1.48. The van der Waals surface area contributed by atoms with Crippen molar-refractivity contribution in [3.05, 3.63) is 34.9 Å². The zero-order valence-electron chi connectivity index (χ0n) is 20.6. The van der Waals surface area contributed by atoms with Crippen molar-refractivity contribution in [3.8, 4) is 6.07 Å². The van der Waals surface area contributed by atoms with Crippen LogP contribution in [0.5, 0.6) is 0 Å². The van der Waals surface area contributed by atoms with Crippen LogP contribution < -0.4 is 5.32 Å². The summed E-state index contributed by atoms with van der Waals surface area (Å²) in [6.07, 6.45) is 6.51. The predicted molar refractivity (Wildman–Crippen MR) is 132 cm³/mol. The molecule has 186 valence electrons. The summed E-state index contributed by atoms with van der Waals surface area (Å²) < 4.78 is 0. The first-order valence-electron chi connectivity index (χ1n) is 12.0. The number of nitrogens with one attached hydrogen (secondary N) is 1. The minimum absolute atomic E-state index is 0.0152. The molecule has 0 saturated heterocycles. The summed E-state index contributed by atoms with van der Waals surface area (Å²) in [7, 11) is 1.72. The lowest BCUT2D eigenvalue weighted by molar-refractivity contribution is -0.143.